The molecule has 0 atom stereocenters. The molecule has 136 valence electrons. The van der Waals surface area contributed by atoms with Crippen LogP contribution in [-0.2, 0) is 6.61 Å². The third-order valence-corrected chi connectivity index (χ3v) is 5.10. The molecule has 4 heteroatoms. The summed E-state index contributed by atoms with van der Waals surface area (Å²) in [5, 5.41) is 19.0. The van der Waals surface area contributed by atoms with E-state index < -0.39 is 0 Å². The Kier molecular flexibility index (Phi) is 3.85. The first kappa shape index (κ1) is 16.5. The van der Waals surface area contributed by atoms with Crippen molar-refractivity contribution in [1.29, 1.82) is 0 Å². The summed E-state index contributed by atoms with van der Waals surface area (Å²) in [6.45, 7) is -0.106. The van der Waals surface area contributed by atoms with Gasteiger partial charge in [0.25, 0.3) is 0 Å². The molecule has 4 aromatic carbocycles. The maximum Gasteiger partial charge on any atom is 0.0889 e. The fourth-order valence-electron chi connectivity index (χ4n) is 3.69. The Labute approximate surface area is 162 Å². The molecular formula is C24H19N3O. The maximum absolute atomic E-state index is 9.63. The van der Waals surface area contributed by atoms with Crippen molar-refractivity contribution in [2.45, 2.75) is 6.61 Å². The highest BCUT2D eigenvalue weighted by molar-refractivity contribution is 6.08. The molecule has 28 heavy (non-hydrogen) atoms. The first-order valence-corrected chi connectivity index (χ1v) is 9.20. The van der Waals surface area contributed by atoms with Gasteiger partial charge >= 0.3 is 0 Å². The van der Waals surface area contributed by atoms with E-state index in [0.29, 0.717) is 11.4 Å². The van der Waals surface area contributed by atoms with Crippen LogP contribution in [0.2, 0.25) is 0 Å². The molecule has 0 saturated carbocycles. The minimum atomic E-state index is -0.106. The first-order chi connectivity index (χ1) is 13.7. The predicted molar refractivity (Wildman–Crippen MR) is 114 cm³/mol. The number of hydrogen-bond acceptors (Lipinski definition) is 3. The van der Waals surface area contributed by atoms with Gasteiger partial charge in [-0.05, 0) is 57.9 Å². The third-order valence-electron chi connectivity index (χ3n) is 5.10. The lowest BCUT2D eigenvalue weighted by atomic mass is 9.99. The van der Waals surface area contributed by atoms with Gasteiger partial charge in [-0.2, -0.15) is 5.10 Å². The average Bonchev–Trinajstić information content (AvgIpc) is 3.18. The number of nitrogens with zero attached hydrogens (tertiary/aromatic N) is 2. The van der Waals surface area contributed by atoms with Gasteiger partial charge in [0.05, 0.1) is 23.7 Å². The molecule has 0 amide bonds. The van der Waals surface area contributed by atoms with Crippen molar-refractivity contribution in [3.05, 3.63) is 90.6 Å². The van der Waals surface area contributed by atoms with Crippen molar-refractivity contribution >= 4 is 27.2 Å². The minimum absolute atomic E-state index is 0.106. The molecule has 0 unspecified atom stereocenters. The lowest BCUT2D eigenvalue weighted by Crippen LogP contribution is -2.00. The number of rotatable bonds is 3. The van der Waals surface area contributed by atoms with Gasteiger partial charge in [0.2, 0.25) is 0 Å². The van der Waals surface area contributed by atoms with Gasteiger partial charge in [0.15, 0.2) is 0 Å². The van der Waals surface area contributed by atoms with Gasteiger partial charge in [-0.25, -0.2) is 4.68 Å². The molecule has 0 fully saturated rings. The van der Waals surface area contributed by atoms with Gasteiger partial charge in [0, 0.05) is 11.3 Å². The number of fused-ring (bicyclic) bond motifs is 3. The minimum Gasteiger partial charge on any atom is -0.399 e. The van der Waals surface area contributed by atoms with E-state index in [1.807, 2.05) is 35.0 Å². The highest BCUT2D eigenvalue weighted by Crippen LogP contribution is 2.31. The average molecular weight is 365 g/mol. The fourth-order valence-corrected chi connectivity index (χ4v) is 3.69. The summed E-state index contributed by atoms with van der Waals surface area (Å²) in [6, 6.07) is 28.6. The van der Waals surface area contributed by atoms with E-state index in [2.05, 4.69) is 59.7 Å². The first-order valence-electron chi connectivity index (χ1n) is 9.20. The van der Waals surface area contributed by atoms with E-state index in [1.54, 1.807) is 0 Å². The molecule has 5 rings (SSSR count). The summed E-state index contributed by atoms with van der Waals surface area (Å²) in [4.78, 5) is 0. The topological polar surface area (TPSA) is 64.1 Å². The molecule has 1 heterocycles. The number of benzene rings is 4. The number of aliphatic hydroxyl groups is 1. The van der Waals surface area contributed by atoms with E-state index >= 15 is 0 Å². The van der Waals surface area contributed by atoms with Crippen LogP contribution in [0.4, 0.5) is 5.69 Å². The zero-order valence-electron chi connectivity index (χ0n) is 15.2. The van der Waals surface area contributed by atoms with E-state index in [-0.39, 0.29) is 6.61 Å². The molecule has 0 aliphatic rings. The third kappa shape index (κ3) is 2.71. The number of nitrogens with two attached hydrogens (primary N) is 1. The SMILES string of the molecule is Nc1ccc(-n2nc(CO)cc2-c2ccc3ccc4ccccc4c3c2)cc1. The lowest BCUT2D eigenvalue weighted by molar-refractivity contribution is 0.276. The smallest absolute Gasteiger partial charge is 0.0889 e. The van der Waals surface area contributed by atoms with E-state index in [0.717, 1.165) is 16.9 Å². The highest BCUT2D eigenvalue weighted by Gasteiger charge is 2.12. The molecule has 0 aliphatic carbocycles. The van der Waals surface area contributed by atoms with Gasteiger partial charge in [-0.1, -0.05) is 48.5 Å². The molecular weight excluding hydrogens is 346 g/mol. The molecule has 0 saturated heterocycles. The largest absolute Gasteiger partial charge is 0.399 e. The summed E-state index contributed by atoms with van der Waals surface area (Å²) in [5.41, 5.74) is 10.1. The van der Waals surface area contributed by atoms with Crippen LogP contribution in [0.3, 0.4) is 0 Å². The number of nitrogen functional groups attached to an aromatic ring is 1. The molecule has 3 N–H and O–H groups in total. The van der Waals surface area contributed by atoms with Crippen molar-refractivity contribution in [3.63, 3.8) is 0 Å². The van der Waals surface area contributed by atoms with Crippen LogP contribution in [0, 0.1) is 0 Å². The molecule has 0 spiro atoms. The van der Waals surface area contributed by atoms with Crippen LogP contribution in [0.1, 0.15) is 5.69 Å². The maximum atomic E-state index is 9.63. The Hall–Kier alpha value is -3.63. The molecule has 4 nitrogen and oxygen atoms in total. The Morgan fingerprint density at radius 3 is 2.29 bits per heavy atom. The predicted octanol–water partition coefficient (Wildman–Crippen LogP) is 4.92. The van der Waals surface area contributed by atoms with Gasteiger partial charge in [-0.15, -0.1) is 0 Å². The zero-order valence-corrected chi connectivity index (χ0v) is 15.2. The van der Waals surface area contributed by atoms with Crippen molar-refractivity contribution in [1.82, 2.24) is 9.78 Å². The summed E-state index contributed by atoms with van der Waals surface area (Å²) >= 11 is 0. The van der Waals surface area contributed by atoms with E-state index in [1.165, 1.54) is 21.5 Å². The van der Waals surface area contributed by atoms with Gasteiger partial charge in [0.1, 0.15) is 0 Å². The van der Waals surface area contributed by atoms with Crippen LogP contribution in [-0.4, -0.2) is 14.9 Å². The quantitative estimate of drug-likeness (QED) is 0.352. The summed E-state index contributed by atoms with van der Waals surface area (Å²) in [5.74, 6) is 0. The van der Waals surface area contributed by atoms with E-state index in [4.69, 9.17) is 5.73 Å². The number of anilines is 1. The molecule has 0 aliphatic heterocycles. The second-order valence-electron chi connectivity index (χ2n) is 6.90. The second-order valence-corrected chi connectivity index (χ2v) is 6.90. The fraction of sp³-hybridized carbons (Fsp3) is 0.0417. The molecule has 0 radical (unpaired) electrons. The Morgan fingerprint density at radius 2 is 1.50 bits per heavy atom. The Morgan fingerprint density at radius 1 is 0.786 bits per heavy atom. The van der Waals surface area contributed by atoms with Crippen molar-refractivity contribution in [2.24, 2.45) is 0 Å². The summed E-state index contributed by atoms with van der Waals surface area (Å²) in [6.07, 6.45) is 0. The van der Waals surface area contributed by atoms with Gasteiger partial charge in [-0.3, -0.25) is 0 Å². The van der Waals surface area contributed by atoms with Crippen molar-refractivity contribution < 1.29 is 5.11 Å². The van der Waals surface area contributed by atoms with Crippen molar-refractivity contribution in [3.8, 4) is 16.9 Å². The summed E-state index contributed by atoms with van der Waals surface area (Å²) < 4.78 is 1.86. The normalized spacial score (nSPS) is 11.3. The molecule has 0 bridgehead atoms. The van der Waals surface area contributed by atoms with Crippen LogP contribution < -0.4 is 5.73 Å². The van der Waals surface area contributed by atoms with Crippen LogP contribution in [0.15, 0.2) is 84.9 Å². The van der Waals surface area contributed by atoms with Gasteiger partial charge < -0.3 is 10.8 Å². The second kappa shape index (κ2) is 6.51. The monoisotopic (exact) mass is 365 g/mol. The Balaban J connectivity index is 1.74. The lowest BCUT2D eigenvalue weighted by Gasteiger charge is -2.10. The van der Waals surface area contributed by atoms with Crippen LogP contribution in [0.25, 0.3) is 38.5 Å². The van der Waals surface area contributed by atoms with Crippen molar-refractivity contribution in [2.75, 3.05) is 5.73 Å². The van der Waals surface area contributed by atoms with Crippen LogP contribution in [0.5, 0.6) is 0 Å². The molecule has 1 aromatic heterocycles. The highest BCUT2D eigenvalue weighted by atomic mass is 16.3. The van der Waals surface area contributed by atoms with Crippen LogP contribution >= 0.6 is 0 Å². The van der Waals surface area contributed by atoms with E-state index in [9.17, 15) is 5.11 Å². The Bertz CT molecular complexity index is 1300. The standard InChI is InChI=1S/C24H19N3O/c25-19-9-11-21(12-10-19)27-24(14-20(15-28)26-27)18-8-7-17-6-5-16-3-1-2-4-22(16)23(17)13-18/h1-14,28H,15,25H2. The summed E-state index contributed by atoms with van der Waals surface area (Å²) in [7, 11) is 0. The number of hydrogen-bond donors (Lipinski definition) is 2. The molecule has 5 aromatic rings. The number of aliphatic hydroxyl groups excluding tert-OH is 1. The zero-order chi connectivity index (χ0) is 19.1. The number of aromatic nitrogens is 2.